The van der Waals surface area contributed by atoms with Gasteiger partial charge in [0.15, 0.2) is 0 Å². The topological polar surface area (TPSA) is 6.48 Å². The van der Waals surface area contributed by atoms with E-state index in [4.69, 9.17) is 23.2 Å². The first-order valence-corrected chi connectivity index (χ1v) is 8.27. The van der Waals surface area contributed by atoms with Gasteiger partial charge in [-0.15, -0.1) is 0 Å². The van der Waals surface area contributed by atoms with E-state index in [1.807, 2.05) is 18.2 Å². The van der Waals surface area contributed by atoms with E-state index in [2.05, 4.69) is 0 Å². The summed E-state index contributed by atoms with van der Waals surface area (Å²) in [5, 5.41) is 0. The van der Waals surface area contributed by atoms with Gasteiger partial charge < -0.3 is 4.90 Å². The Morgan fingerprint density at radius 3 is 1.68 bits per heavy atom. The fourth-order valence-electron chi connectivity index (χ4n) is 2.89. The van der Waals surface area contributed by atoms with Gasteiger partial charge in [-0.1, -0.05) is 83.9 Å². The maximum Gasteiger partial charge on any atom is 0.389 e. The number of nitrogens with zero attached hydrogens (tertiary/aromatic N) is 2. The molecular weight excluding hydrogens is 372 g/mol. The monoisotopic (exact) mass is 386 g/mol. The van der Waals surface area contributed by atoms with E-state index in [-0.39, 0.29) is 12.4 Å². The minimum Gasteiger partial charge on any atom is -0.355 e. The summed E-state index contributed by atoms with van der Waals surface area (Å²) in [4.78, 5) is 2.22. The predicted molar refractivity (Wildman–Crippen MR) is 94.7 cm³/mol. The van der Waals surface area contributed by atoms with Crippen molar-refractivity contribution in [2.75, 3.05) is 13.7 Å². The zero-order valence-electron chi connectivity index (χ0n) is 13.3. The van der Waals surface area contributed by atoms with Gasteiger partial charge >= 0.3 is 10.6 Å². The van der Waals surface area contributed by atoms with Crippen LogP contribution in [0, 0.1) is 0 Å². The summed E-state index contributed by atoms with van der Waals surface area (Å²) in [6, 6.07) is 13.5. The van der Waals surface area contributed by atoms with Crippen molar-refractivity contribution >= 4 is 34.6 Å². The first-order valence-electron chi connectivity index (χ1n) is 7.52. The molecule has 0 N–H and O–H groups in total. The molecule has 0 aromatic heterocycles. The van der Waals surface area contributed by atoms with Gasteiger partial charge in [0.05, 0.1) is 18.1 Å². The second kappa shape index (κ2) is 6.46. The van der Waals surface area contributed by atoms with Crippen LogP contribution in [0.2, 0.25) is 0 Å². The molecule has 1 aliphatic heterocycles. The van der Waals surface area contributed by atoms with Crippen LogP contribution >= 0.6 is 23.2 Å². The number of halogens is 5. The molecule has 0 saturated heterocycles. The summed E-state index contributed by atoms with van der Waals surface area (Å²) in [7, 11) is 1.66. The first-order chi connectivity index (χ1) is 11.7. The SMILES string of the molecule is CN1CN(C(F)(F)C(F)(Cl)Cl)C(c2ccccc2)=C1c1ccccc1. The lowest BCUT2D eigenvalue weighted by molar-refractivity contribution is -0.161. The van der Waals surface area contributed by atoms with Gasteiger partial charge in [-0.05, 0) is 5.56 Å². The molecule has 1 heterocycles. The molecule has 2 aromatic rings. The summed E-state index contributed by atoms with van der Waals surface area (Å²) in [5.41, 5.74) is 1.96. The van der Waals surface area contributed by atoms with Crippen LogP contribution in [0.15, 0.2) is 60.7 Å². The highest BCUT2D eigenvalue weighted by molar-refractivity contribution is 6.47. The van der Waals surface area contributed by atoms with Crippen LogP contribution in [0.3, 0.4) is 0 Å². The third kappa shape index (κ3) is 3.18. The van der Waals surface area contributed by atoms with Crippen LogP contribution < -0.4 is 0 Å². The summed E-state index contributed by atoms with van der Waals surface area (Å²) >= 11 is 10.3. The molecule has 2 nitrogen and oxygen atoms in total. The van der Waals surface area contributed by atoms with Gasteiger partial charge in [-0.2, -0.15) is 13.2 Å². The van der Waals surface area contributed by atoms with Crippen LogP contribution in [0.4, 0.5) is 13.2 Å². The fourth-order valence-corrected chi connectivity index (χ4v) is 3.09. The van der Waals surface area contributed by atoms with Gasteiger partial charge in [0.2, 0.25) is 0 Å². The zero-order valence-corrected chi connectivity index (χ0v) is 14.8. The average Bonchev–Trinajstić information content (AvgIpc) is 2.93. The largest absolute Gasteiger partial charge is 0.389 e. The van der Waals surface area contributed by atoms with Crippen LogP contribution in [-0.4, -0.2) is 34.1 Å². The lowest BCUT2D eigenvalue weighted by Gasteiger charge is -2.34. The van der Waals surface area contributed by atoms with Crippen molar-refractivity contribution in [2.45, 2.75) is 10.6 Å². The van der Waals surface area contributed by atoms with E-state index >= 15 is 0 Å². The molecule has 0 amide bonds. The highest BCUT2D eigenvalue weighted by Gasteiger charge is 2.60. The van der Waals surface area contributed by atoms with E-state index in [0.29, 0.717) is 16.2 Å². The maximum atomic E-state index is 14.7. The normalized spacial score (nSPS) is 15.9. The van der Waals surface area contributed by atoms with Gasteiger partial charge in [-0.3, -0.25) is 4.90 Å². The molecule has 0 saturated carbocycles. The second-order valence-corrected chi connectivity index (χ2v) is 6.97. The summed E-state index contributed by atoms with van der Waals surface area (Å²) in [5.74, 6) is 0. The van der Waals surface area contributed by atoms with Crippen LogP contribution in [0.25, 0.3) is 11.4 Å². The van der Waals surface area contributed by atoms with Crippen molar-refractivity contribution in [3.8, 4) is 0 Å². The Kier molecular flexibility index (Phi) is 4.64. The van der Waals surface area contributed by atoms with E-state index in [1.165, 1.54) is 0 Å². The lowest BCUT2D eigenvalue weighted by Crippen LogP contribution is -2.50. The van der Waals surface area contributed by atoms with Crippen LogP contribution in [0.1, 0.15) is 11.1 Å². The molecule has 0 bridgehead atoms. The predicted octanol–water partition coefficient (Wildman–Crippen LogP) is 5.41. The van der Waals surface area contributed by atoms with Crippen molar-refractivity contribution in [1.29, 1.82) is 0 Å². The molecular formula is C18H15Cl2F3N2. The van der Waals surface area contributed by atoms with E-state index in [0.717, 1.165) is 5.56 Å². The molecule has 7 heteroatoms. The first kappa shape index (κ1) is 18.0. The molecule has 0 fully saturated rings. The zero-order chi connectivity index (χ0) is 18.2. The Labute approximate surface area is 154 Å². The molecule has 2 aromatic carbocycles. The van der Waals surface area contributed by atoms with Crippen molar-refractivity contribution in [3.63, 3.8) is 0 Å². The van der Waals surface area contributed by atoms with Crippen molar-refractivity contribution in [3.05, 3.63) is 71.8 Å². The number of benzene rings is 2. The highest BCUT2D eigenvalue weighted by atomic mass is 35.5. The number of hydrogen-bond donors (Lipinski definition) is 0. The summed E-state index contributed by atoms with van der Waals surface area (Å²) in [6.45, 7) is -0.257. The molecule has 132 valence electrons. The molecule has 0 radical (unpaired) electrons. The van der Waals surface area contributed by atoms with E-state index in [1.54, 1.807) is 54.4 Å². The fraction of sp³-hybridized carbons (Fsp3) is 0.222. The van der Waals surface area contributed by atoms with E-state index < -0.39 is 10.6 Å². The third-order valence-corrected chi connectivity index (χ3v) is 4.46. The second-order valence-electron chi connectivity index (χ2n) is 5.74. The van der Waals surface area contributed by atoms with Crippen molar-refractivity contribution < 1.29 is 13.2 Å². The molecule has 0 atom stereocenters. The molecule has 0 spiro atoms. The van der Waals surface area contributed by atoms with Gasteiger partial charge in [0.25, 0.3) is 0 Å². The number of rotatable bonds is 4. The molecule has 25 heavy (non-hydrogen) atoms. The smallest absolute Gasteiger partial charge is 0.355 e. The molecule has 0 aliphatic carbocycles. The van der Waals surface area contributed by atoms with E-state index in [9.17, 15) is 13.2 Å². The van der Waals surface area contributed by atoms with Crippen LogP contribution in [-0.2, 0) is 0 Å². The van der Waals surface area contributed by atoms with Gasteiger partial charge in [-0.25, -0.2) is 0 Å². The average molecular weight is 387 g/mol. The Morgan fingerprint density at radius 2 is 1.24 bits per heavy atom. The standard InChI is InChI=1S/C18H15Cl2F3N2/c1-24-12-25(18(22,23)17(19,20)21)16(14-10-6-3-7-11-14)15(24)13-8-4-2-5-9-13/h2-11H,12H2,1H3. The molecule has 1 aliphatic rings. The van der Waals surface area contributed by atoms with Crippen molar-refractivity contribution in [1.82, 2.24) is 9.80 Å². The Morgan fingerprint density at radius 1 is 0.800 bits per heavy atom. The van der Waals surface area contributed by atoms with Crippen molar-refractivity contribution in [2.24, 2.45) is 0 Å². The minimum atomic E-state index is -4.12. The maximum absolute atomic E-state index is 14.7. The molecule has 0 unspecified atom stereocenters. The lowest BCUT2D eigenvalue weighted by atomic mass is 10.0. The Bertz CT molecular complexity index is 774. The van der Waals surface area contributed by atoms with Gasteiger partial charge in [0.1, 0.15) is 0 Å². The number of hydrogen-bond acceptors (Lipinski definition) is 2. The highest BCUT2D eigenvalue weighted by Crippen LogP contribution is 2.49. The Balaban J connectivity index is 2.23. The van der Waals surface area contributed by atoms with Gasteiger partial charge in [0, 0.05) is 12.6 Å². The number of alkyl halides is 5. The Hall–Kier alpha value is -1.85. The quantitative estimate of drug-likeness (QED) is 0.511. The van der Waals surface area contributed by atoms with Crippen LogP contribution in [0.5, 0.6) is 0 Å². The summed E-state index contributed by atoms with van der Waals surface area (Å²) in [6.07, 6.45) is 0. The third-order valence-electron chi connectivity index (χ3n) is 4.00. The summed E-state index contributed by atoms with van der Waals surface area (Å²) < 4.78 is 39.4. The molecule has 3 rings (SSSR count). The minimum absolute atomic E-state index is 0.169.